The molecule has 3 atom stereocenters. The van der Waals surface area contributed by atoms with Crippen molar-refractivity contribution >= 4 is 29.4 Å². The molecule has 0 saturated heterocycles. The van der Waals surface area contributed by atoms with Gasteiger partial charge in [-0.25, -0.2) is 4.39 Å². The number of hydrogen-bond acceptors (Lipinski definition) is 9. The quantitative estimate of drug-likeness (QED) is 0.149. The fraction of sp³-hybridized carbons (Fsp3) is 0.543. The van der Waals surface area contributed by atoms with Gasteiger partial charge in [0.15, 0.2) is 23.0 Å². The number of benzene rings is 2. The molecule has 3 aliphatic rings. The topological polar surface area (TPSA) is 113 Å². The van der Waals surface area contributed by atoms with E-state index in [0.717, 1.165) is 44.2 Å². The summed E-state index contributed by atoms with van der Waals surface area (Å²) in [6, 6.07) is 6.47. The number of halogens is 1. The molecule has 0 saturated carbocycles. The molecule has 58 heavy (non-hydrogen) atoms. The number of hydrogen-bond donors (Lipinski definition) is 1. The number of carbonyl (C=O) groups is 2. The van der Waals surface area contributed by atoms with Crippen molar-refractivity contribution in [3.05, 3.63) is 59.7 Å². The van der Waals surface area contributed by atoms with Crippen molar-refractivity contribution in [2.45, 2.75) is 112 Å². The lowest BCUT2D eigenvalue weighted by Crippen LogP contribution is -2.49. The van der Waals surface area contributed by atoms with Crippen LogP contribution in [0.5, 0.6) is 23.0 Å². The van der Waals surface area contributed by atoms with E-state index in [0.29, 0.717) is 59.6 Å². The van der Waals surface area contributed by atoms with Crippen LogP contribution in [0.25, 0.3) is 0 Å². The van der Waals surface area contributed by atoms with Gasteiger partial charge in [0.25, 0.3) is 11.8 Å². The molecule has 0 radical (unpaired) electrons. The second-order valence-corrected chi connectivity index (χ2v) is 16.6. The molecule has 2 amide bonds. The van der Waals surface area contributed by atoms with E-state index >= 15 is 0 Å². The molecule has 3 unspecified atom stereocenters. The Morgan fingerprint density at radius 3 is 2.21 bits per heavy atom. The first-order valence-corrected chi connectivity index (χ1v) is 20.3. The summed E-state index contributed by atoms with van der Waals surface area (Å²) in [4.78, 5) is 36.9. The fourth-order valence-corrected chi connectivity index (χ4v) is 7.70. The number of carbonyl (C=O) groups excluding carboxylic acids is 2. The second-order valence-electron chi connectivity index (χ2n) is 16.6. The minimum absolute atomic E-state index is 0.0697. The maximum Gasteiger partial charge on any atom is 0.260 e. The summed E-state index contributed by atoms with van der Waals surface area (Å²) in [6.45, 7) is 16.1. The number of aliphatic hydroxyl groups is 1. The molecule has 12 heteroatoms. The summed E-state index contributed by atoms with van der Waals surface area (Å²) in [6.07, 6.45) is 19.9. The van der Waals surface area contributed by atoms with Crippen LogP contribution in [0.4, 0.5) is 15.8 Å². The average molecular weight is 803 g/mol. The van der Waals surface area contributed by atoms with Crippen molar-refractivity contribution in [1.29, 1.82) is 0 Å². The third-order valence-electron chi connectivity index (χ3n) is 11.2. The number of rotatable bonds is 18. The van der Waals surface area contributed by atoms with E-state index in [4.69, 9.17) is 18.9 Å². The van der Waals surface area contributed by atoms with E-state index in [1.807, 2.05) is 19.1 Å². The third-order valence-corrected chi connectivity index (χ3v) is 11.2. The molecule has 2 aromatic carbocycles. The van der Waals surface area contributed by atoms with E-state index in [1.54, 1.807) is 42.6 Å². The lowest BCUT2D eigenvalue weighted by atomic mass is 9.78. The highest BCUT2D eigenvalue weighted by atomic mass is 19.1. The third kappa shape index (κ3) is 10.5. The van der Waals surface area contributed by atoms with Gasteiger partial charge in [0.1, 0.15) is 5.83 Å². The van der Waals surface area contributed by atoms with Crippen LogP contribution < -0.4 is 23.8 Å². The van der Waals surface area contributed by atoms with Gasteiger partial charge in [0, 0.05) is 49.8 Å². The predicted molar refractivity (Wildman–Crippen MR) is 228 cm³/mol. The van der Waals surface area contributed by atoms with Crippen molar-refractivity contribution in [2.75, 3.05) is 45.5 Å². The number of ether oxygens (including phenoxy) is 4. The molecule has 316 valence electrons. The summed E-state index contributed by atoms with van der Waals surface area (Å²) in [5, 5.41) is 10.6. The smallest absolute Gasteiger partial charge is 0.260 e. The zero-order valence-electron chi connectivity index (χ0n) is 35.8. The molecular weight excluding hydrogens is 740 g/mol. The largest absolute Gasteiger partial charge is 0.493 e. The van der Waals surface area contributed by atoms with E-state index in [9.17, 15) is 19.1 Å². The highest BCUT2D eigenvalue weighted by Crippen LogP contribution is 2.43. The van der Waals surface area contributed by atoms with Crippen molar-refractivity contribution < 1.29 is 38.0 Å². The number of aliphatic imine (C=N–C) groups is 1. The standard InChI is InChI=1S/C44H61FN4O7.C2H2/c1-10-13-30(12-3)49-32(27-50)26-47(17-11-2)41(51)34-21-38(54-9)40(23-36(34)49)55-18-16-43(4,5)14-15-44(6,7)28-56-39-22-35-33(20-37(39)53-8)42(52)48-25-29(45)19-31(48)24-46-35;1-2/h11,17,20-25,30-32,50H,10,12-16,18-19,26-28H2,1-9H3;1-2H/b17-11-;. The van der Waals surface area contributed by atoms with Gasteiger partial charge >= 0.3 is 0 Å². The first-order chi connectivity index (χ1) is 27.7. The molecule has 11 nitrogen and oxygen atoms in total. The molecule has 0 aliphatic carbocycles. The lowest BCUT2D eigenvalue weighted by molar-refractivity contribution is 0.0806. The zero-order valence-corrected chi connectivity index (χ0v) is 35.8. The summed E-state index contributed by atoms with van der Waals surface area (Å²) in [7, 11) is 3.12. The van der Waals surface area contributed by atoms with Gasteiger partial charge in [0.2, 0.25) is 0 Å². The number of methoxy groups -OCH3 is 2. The first-order valence-electron chi connectivity index (χ1n) is 20.3. The Balaban J connectivity index is 0.00000366. The Bertz CT molecular complexity index is 1870. The van der Waals surface area contributed by atoms with Gasteiger partial charge in [-0.2, -0.15) is 0 Å². The van der Waals surface area contributed by atoms with Gasteiger partial charge in [-0.3, -0.25) is 14.6 Å². The van der Waals surface area contributed by atoms with Gasteiger partial charge in [-0.15, -0.1) is 12.8 Å². The van der Waals surface area contributed by atoms with Gasteiger partial charge < -0.3 is 38.8 Å². The molecule has 1 N–H and O–H groups in total. The van der Waals surface area contributed by atoms with Crippen LogP contribution >= 0.6 is 0 Å². The minimum Gasteiger partial charge on any atom is -0.493 e. The molecule has 0 fully saturated rings. The maximum atomic E-state index is 13.9. The Labute approximate surface area is 344 Å². The van der Waals surface area contributed by atoms with Crippen LogP contribution in [0, 0.1) is 23.7 Å². The van der Waals surface area contributed by atoms with Gasteiger partial charge in [-0.1, -0.05) is 54.0 Å². The van der Waals surface area contributed by atoms with Crippen LogP contribution in [0.3, 0.4) is 0 Å². The summed E-state index contributed by atoms with van der Waals surface area (Å²) in [5.41, 5.74) is 1.82. The van der Waals surface area contributed by atoms with Crippen LogP contribution in [0.15, 0.2) is 53.6 Å². The van der Waals surface area contributed by atoms with Crippen molar-refractivity contribution in [1.82, 2.24) is 9.80 Å². The Morgan fingerprint density at radius 1 is 0.931 bits per heavy atom. The summed E-state index contributed by atoms with van der Waals surface area (Å²) < 4.78 is 38.2. The first kappa shape index (κ1) is 45.7. The van der Waals surface area contributed by atoms with E-state index in [2.05, 4.69) is 64.3 Å². The number of fused-ring (bicyclic) bond motifs is 3. The molecular formula is C46H63FN4O7. The van der Waals surface area contributed by atoms with Gasteiger partial charge in [0.05, 0.1) is 68.6 Å². The Morgan fingerprint density at radius 2 is 1.59 bits per heavy atom. The normalized spacial score (nSPS) is 18.4. The van der Waals surface area contributed by atoms with Crippen LogP contribution in [0.1, 0.15) is 114 Å². The molecule has 5 rings (SSSR count). The molecule has 0 spiro atoms. The number of allylic oxidation sites excluding steroid dienone is 1. The predicted octanol–water partition coefficient (Wildman–Crippen LogP) is 9.11. The SMILES string of the molecule is C#C.C/C=C\N1CC(CO)N(C(CC)CCC)c2cc(OCCC(C)(C)CCC(C)(C)COc3cc4c(cc3OC)C(=O)N3C=C(F)CC3C=N4)c(OC)cc2C1=O. The molecule has 3 heterocycles. The van der Waals surface area contributed by atoms with E-state index < -0.39 is 6.04 Å². The number of amides is 2. The highest BCUT2D eigenvalue weighted by molar-refractivity contribution is 6.04. The van der Waals surface area contributed by atoms with Crippen LogP contribution in [0.2, 0.25) is 0 Å². The molecule has 0 aromatic heterocycles. The molecule has 2 aromatic rings. The average Bonchev–Trinajstić information content (AvgIpc) is 3.49. The second kappa shape index (κ2) is 20.1. The fourth-order valence-electron chi connectivity index (χ4n) is 7.70. The zero-order chi connectivity index (χ0) is 42.8. The number of nitrogens with zero attached hydrogens (tertiary/aromatic N) is 4. The monoisotopic (exact) mass is 802 g/mol. The number of anilines is 1. The van der Waals surface area contributed by atoms with Crippen LogP contribution in [-0.4, -0.2) is 91.6 Å². The highest BCUT2D eigenvalue weighted by Gasteiger charge is 2.37. The van der Waals surface area contributed by atoms with Gasteiger partial charge in [-0.05, 0) is 62.0 Å². The van der Waals surface area contributed by atoms with Crippen molar-refractivity contribution in [3.8, 4) is 35.8 Å². The Hall–Kier alpha value is -5.02. The number of aliphatic hydroxyl groups excluding tert-OH is 1. The molecule has 0 bridgehead atoms. The summed E-state index contributed by atoms with van der Waals surface area (Å²) in [5.74, 6) is 1.17. The van der Waals surface area contributed by atoms with Crippen molar-refractivity contribution in [2.24, 2.45) is 15.8 Å². The van der Waals surface area contributed by atoms with E-state index in [-0.39, 0.29) is 53.6 Å². The molecule has 3 aliphatic heterocycles. The minimum atomic E-state index is -0.447. The lowest BCUT2D eigenvalue weighted by Gasteiger charge is -2.39. The van der Waals surface area contributed by atoms with Crippen molar-refractivity contribution in [3.63, 3.8) is 0 Å². The Kier molecular flexibility index (Phi) is 15.8. The maximum absolute atomic E-state index is 13.9. The summed E-state index contributed by atoms with van der Waals surface area (Å²) >= 11 is 0. The van der Waals surface area contributed by atoms with Crippen LogP contribution in [-0.2, 0) is 0 Å². The van der Waals surface area contributed by atoms with E-state index in [1.165, 1.54) is 18.2 Å². The number of terminal acetylenes is 1.